The Morgan fingerprint density at radius 2 is 1.27 bits per heavy atom. The van der Waals surface area contributed by atoms with Crippen LogP contribution in [0.3, 0.4) is 0 Å². The lowest BCUT2D eigenvalue weighted by molar-refractivity contribution is 0.108. The second-order valence-electron chi connectivity index (χ2n) is 9.19. The molecule has 1 aliphatic heterocycles. The first-order valence-electron chi connectivity index (χ1n) is 12.2. The Labute approximate surface area is 227 Å². The highest BCUT2D eigenvalue weighted by molar-refractivity contribution is 5.85. The number of hydrogen-bond donors (Lipinski definition) is 1. The number of H-pyrrole nitrogens is 1. The zero-order valence-corrected chi connectivity index (χ0v) is 22.1. The highest BCUT2D eigenvalue weighted by Crippen LogP contribution is 2.30. The first kappa shape index (κ1) is 28.9. The van der Waals surface area contributed by atoms with Crippen LogP contribution >= 0.6 is 24.8 Å². The number of aromatic nitrogens is 2. The highest BCUT2D eigenvalue weighted by atomic mass is 35.5. The quantitative estimate of drug-likeness (QED) is 0.290. The fraction of sp³-hybridized carbons (Fsp3) is 0.321. The summed E-state index contributed by atoms with van der Waals surface area (Å²) in [5.41, 5.74) is 3.81. The number of aromatic amines is 1. The number of para-hydroxylation sites is 2. The van der Waals surface area contributed by atoms with Crippen molar-refractivity contribution in [3.63, 3.8) is 0 Å². The molecule has 1 aliphatic rings. The molecule has 0 unspecified atom stereocenters. The van der Waals surface area contributed by atoms with E-state index in [9.17, 15) is 13.6 Å². The average molecular weight is 549 g/mol. The molecule has 2 heterocycles. The lowest BCUT2D eigenvalue weighted by Gasteiger charge is -2.40. The largest absolute Gasteiger partial charge is 0.326 e. The van der Waals surface area contributed by atoms with Gasteiger partial charge in [-0.15, -0.1) is 24.8 Å². The van der Waals surface area contributed by atoms with Crippen molar-refractivity contribution in [3.05, 3.63) is 106 Å². The summed E-state index contributed by atoms with van der Waals surface area (Å²) in [7, 11) is 0. The minimum Gasteiger partial charge on any atom is -0.306 e. The van der Waals surface area contributed by atoms with Gasteiger partial charge in [-0.1, -0.05) is 36.4 Å². The molecule has 0 saturated carbocycles. The molecule has 3 aromatic carbocycles. The molecule has 0 atom stereocenters. The molecule has 9 heteroatoms. The number of fused-ring (bicyclic) bond motifs is 1. The van der Waals surface area contributed by atoms with E-state index >= 15 is 0 Å². The van der Waals surface area contributed by atoms with E-state index in [0.717, 1.165) is 67.7 Å². The summed E-state index contributed by atoms with van der Waals surface area (Å²) in [6.07, 6.45) is 1.96. The third-order valence-electron chi connectivity index (χ3n) is 6.93. The van der Waals surface area contributed by atoms with Gasteiger partial charge in [0, 0.05) is 32.7 Å². The summed E-state index contributed by atoms with van der Waals surface area (Å²) < 4.78 is 28.9. The number of imidazole rings is 1. The van der Waals surface area contributed by atoms with Crippen molar-refractivity contribution >= 4 is 35.8 Å². The Kier molecular flexibility index (Phi) is 10.3. The summed E-state index contributed by atoms with van der Waals surface area (Å²) in [6.45, 7) is 5.32. The molecule has 5 rings (SSSR count). The van der Waals surface area contributed by atoms with Crippen LogP contribution in [0.2, 0.25) is 0 Å². The molecule has 1 aromatic heterocycles. The fourth-order valence-electron chi connectivity index (χ4n) is 5.08. The van der Waals surface area contributed by atoms with E-state index in [4.69, 9.17) is 0 Å². The van der Waals surface area contributed by atoms with E-state index in [1.54, 1.807) is 0 Å². The fourth-order valence-corrected chi connectivity index (χ4v) is 5.08. The summed E-state index contributed by atoms with van der Waals surface area (Å²) in [5, 5.41) is 0. The predicted octanol–water partition coefficient (Wildman–Crippen LogP) is 5.64. The summed E-state index contributed by atoms with van der Waals surface area (Å²) in [5.74, 6) is -0.516. The van der Waals surface area contributed by atoms with Gasteiger partial charge in [0.25, 0.3) is 0 Å². The van der Waals surface area contributed by atoms with E-state index in [-0.39, 0.29) is 48.2 Å². The Morgan fingerprint density at radius 3 is 1.86 bits per heavy atom. The SMILES string of the molecule is Cl.Cl.O=c1[nH]c2ccccc2n1CCCCN1CCN(C(c2ccc(F)cc2)c2ccc(F)cc2)CC1. The second-order valence-corrected chi connectivity index (χ2v) is 9.19. The van der Waals surface area contributed by atoms with Gasteiger partial charge in [0.2, 0.25) is 0 Å². The van der Waals surface area contributed by atoms with Gasteiger partial charge in [-0.2, -0.15) is 0 Å². The predicted molar refractivity (Wildman–Crippen MR) is 149 cm³/mol. The Morgan fingerprint density at radius 1 is 0.730 bits per heavy atom. The maximum absolute atomic E-state index is 13.5. The molecular weight excluding hydrogens is 517 g/mol. The minimum atomic E-state index is -0.258. The van der Waals surface area contributed by atoms with E-state index in [0.29, 0.717) is 6.54 Å². The Balaban J connectivity index is 0.00000190. The lowest BCUT2D eigenvalue weighted by atomic mass is 9.96. The molecule has 0 radical (unpaired) electrons. The maximum Gasteiger partial charge on any atom is 0.326 e. The molecule has 0 amide bonds. The van der Waals surface area contributed by atoms with Gasteiger partial charge in [0.1, 0.15) is 11.6 Å². The van der Waals surface area contributed by atoms with Crippen LogP contribution in [-0.4, -0.2) is 52.1 Å². The Hall–Kier alpha value is -2.71. The van der Waals surface area contributed by atoms with Crippen LogP contribution in [0, 0.1) is 11.6 Å². The number of aryl methyl sites for hydroxylation is 1. The van der Waals surface area contributed by atoms with Crippen LogP contribution < -0.4 is 5.69 Å². The number of rotatable bonds is 8. The third-order valence-corrected chi connectivity index (χ3v) is 6.93. The minimum absolute atomic E-state index is 0. The number of nitrogens with zero attached hydrogens (tertiary/aromatic N) is 3. The van der Waals surface area contributed by atoms with Gasteiger partial charge in [-0.25, -0.2) is 13.6 Å². The van der Waals surface area contributed by atoms with Gasteiger partial charge >= 0.3 is 5.69 Å². The van der Waals surface area contributed by atoms with E-state index in [2.05, 4.69) is 14.8 Å². The first-order valence-corrected chi connectivity index (χ1v) is 12.2. The van der Waals surface area contributed by atoms with Crippen LogP contribution in [0.4, 0.5) is 8.78 Å². The molecule has 0 aliphatic carbocycles. The molecule has 0 spiro atoms. The van der Waals surface area contributed by atoms with Crippen molar-refractivity contribution in [2.75, 3.05) is 32.7 Å². The van der Waals surface area contributed by atoms with Crippen LogP contribution in [0.1, 0.15) is 30.0 Å². The number of unbranched alkanes of at least 4 members (excludes halogenated alkanes) is 1. The molecule has 4 aromatic rings. The molecule has 1 fully saturated rings. The van der Waals surface area contributed by atoms with Crippen LogP contribution in [-0.2, 0) is 6.54 Å². The normalized spacial score (nSPS) is 14.5. The molecule has 1 N–H and O–H groups in total. The molecule has 37 heavy (non-hydrogen) atoms. The maximum atomic E-state index is 13.5. The number of piperazine rings is 1. The van der Waals surface area contributed by atoms with Crippen LogP contribution in [0.25, 0.3) is 11.0 Å². The van der Waals surface area contributed by atoms with Crippen molar-refractivity contribution in [2.24, 2.45) is 0 Å². The summed E-state index contributed by atoms with van der Waals surface area (Å²) in [6, 6.07) is 21.0. The number of benzene rings is 3. The van der Waals surface area contributed by atoms with E-state index in [1.165, 1.54) is 24.3 Å². The first-order chi connectivity index (χ1) is 17.1. The number of nitrogens with one attached hydrogen (secondary N) is 1. The topological polar surface area (TPSA) is 44.3 Å². The van der Waals surface area contributed by atoms with Gasteiger partial charge in [0.15, 0.2) is 0 Å². The molecule has 5 nitrogen and oxygen atoms in total. The molecule has 198 valence electrons. The number of hydrogen-bond acceptors (Lipinski definition) is 3. The van der Waals surface area contributed by atoms with Crippen molar-refractivity contribution in [1.82, 2.24) is 19.4 Å². The highest BCUT2D eigenvalue weighted by Gasteiger charge is 2.26. The van der Waals surface area contributed by atoms with Gasteiger partial charge < -0.3 is 9.88 Å². The Bertz CT molecular complexity index is 1270. The molecular formula is C28H32Cl2F2N4O. The van der Waals surface area contributed by atoms with E-state index < -0.39 is 0 Å². The van der Waals surface area contributed by atoms with Crippen molar-refractivity contribution in [2.45, 2.75) is 25.4 Å². The summed E-state index contributed by atoms with van der Waals surface area (Å²) in [4.78, 5) is 20.0. The number of halogens is 4. The smallest absolute Gasteiger partial charge is 0.306 e. The summed E-state index contributed by atoms with van der Waals surface area (Å²) >= 11 is 0. The molecule has 1 saturated heterocycles. The van der Waals surface area contributed by atoms with Crippen LogP contribution in [0.5, 0.6) is 0 Å². The average Bonchev–Trinajstić information content (AvgIpc) is 3.20. The van der Waals surface area contributed by atoms with Gasteiger partial charge in [-0.05, 0) is 66.9 Å². The van der Waals surface area contributed by atoms with Gasteiger partial charge in [0.05, 0.1) is 17.1 Å². The third kappa shape index (κ3) is 6.79. The van der Waals surface area contributed by atoms with Crippen molar-refractivity contribution in [3.8, 4) is 0 Å². The lowest BCUT2D eigenvalue weighted by Crippen LogP contribution is -2.48. The van der Waals surface area contributed by atoms with E-state index in [1.807, 2.05) is 53.1 Å². The monoisotopic (exact) mass is 548 g/mol. The zero-order valence-electron chi connectivity index (χ0n) is 20.5. The van der Waals surface area contributed by atoms with Crippen molar-refractivity contribution < 1.29 is 8.78 Å². The zero-order chi connectivity index (χ0) is 24.2. The molecule has 0 bridgehead atoms. The van der Waals surface area contributed by atoms with Gasteiger partial charge in [-0.3, -0.25) is 9.47 Å². The van der Waals surface area contributed by atoms with Crippen molar-refractivity contribution in [1.29, 1.82) is 0 Å². The van der Waals surface area contributed by atoms with Crippen LogP contribution in [0.15, 0.2) is 77.6 Å². The standard InChI is InChI=1S/C28H30F2N4O.2ClH/c29-23-11-7-21(8-12-23)27(22-9-13-24(30)14-10-22)33-19-17-32(18-20-33)15-3-4-16-34-26-6-2-1-5-25(26)31-28(34)35;;/h1-2,5-14,27H,3-4,15-20H2,(H,31,35);2*1H. The second kappa shape index (κ2) is 13.2.